The van der Waals surface area contributed by atoms with Crippen LogP contribution < -0.4 is 0 Å². The molecule has 0 aromatic rings. The third kappa shape index (κ3) is 5.68. The molecule has 0 bridgehead atoms. The van der Waals surface area contributed by atoms with Crippen LogP contribution in [-0.2, 0) is 13.7 Å². The second kappa shape index (κ2) is 7.01. The van der Waals surface area contributed by atoms with Gasteiger partial charge in [0.1, 0.15) is 5.60 Å². The Morgan fingerprint density at radius 1 is 1.22 bits per heavy atom. The van der Waals surface area contributed by atoms with Gasteiger partial charge in [-0.25, -0.2) is 9.69 Å². The lowest BCUT2D eigenvalue weighted by Crippen LogP contribution is -2.42. The van der Waals surface area contributed by atoms with Gasteiger partial charge < -0.3 is 8.92 Å². The Morgan fingerprint density at radius 2 is 1.78 bits per heavy atom. The summed E-state index contributed by atoms with van der Waals surface area (Å²) in [6, 6.07) is -0.118. The molecule has 0 aromatic carbocycles. The van der Waals surface area contributed by atoms with E-state index in [1.807, 2.05) is 0 Å². The zero-order chi connectivity index (χ0) is 18.1. The van der Waals surface area contributed by atoms with Crippen molar-refractivity contribution in [2.75, 3.05) is 19.1 Å². The number of nitrogens with zero attached hydrogens (tertiary/aromatic N) is 1. The first kappa shape index (κ1) is 20.3. The van der Waals surface area contributed by atoms with Crippen molar-refractivity contribution in [2.24, 2.45) is 0 Å². The number of amides is 2. The van der Waals surface area contributed by atoms with E-state index in [1.54, 1.807) is 20.8 Å². The molecule has 6 heteroatoms. The van der Waals surface area contributed by atoms with E-state index < -0.39 is 22.0 Å². The SMILES string of the molecule is CC(C)(C)OC(=O)N1C(=O)CC[C@H]1CCOS(C)(C)C(C)(C)C. The van der Waals surface area contributed by atoms with E-state index in [0.29, 0.717) is 25.9 Å². The molecule has 1 aliphatic rings. The lowest BCUT2D eigenvalue weighted by Gasteiger charge is -2.44. The summed E-state index contributed by atoms with van der Waals surface area (Å²) in [6.45, 7) is 12.5. The molecule has 136 valence electrons. The average molecular weight is 348 g/mol. The molecule has 1 heterocycles. The maximum atomic E-state index is 12.2. The van der Waals surface area contributed by atoms with Crippen molar-refractivity contribution in [1.82, 2.24) is 4.90 Å². The molecule has 1 rings (SSSR count). The predicted octanol–water partition coefficient (Wildman–Crippen LogP) is 4.10. The Labute approximate surface area is 142 Å². The van der Waals surface area contributed by atoms with Crippen LogP contribution in [0, 0.1) is 0 Å². The van der Waals surface area contributed by atoms with Gasteiger partial charge in [0.15, 0.2) is 0 Å². The van der Waals surface area contributed by atoms with Crippen molar-refractivity contribution in [3.05, 3.63) is 0 Å². The van der Waals surface area contributed by atoms with Gasteiger partial charge in [-0.15, -0.1) is 10.3 Å². The van der Waals surface area contributed by atoms with Gasteiger partial charge in [0.2, 0.25) is 5.91 Å². The van der Waals surface area contributed by atoms with Crippen molar-refractivity contribution in [1.29, 1.82) is 0 Å². The van der Waals surface area contributed by atoms with Gasteiger partial charge in [0.25, 0.3) is 0 Å². The van der Waals surface area contributed by atoms with Crippen LogP contribution in [0.5, 0.6) is 0 Å². The van der Waals surface area contributed by atoms with Gasteiger partial charge in [-0.05, 0) is 46.1 Å². The van der Waals surface area contributed by atoms with E-state index in [2.05, 4.69) is 33.3 Å². The van der Waals surface area contributed by atoms with E-state index in [4.69, 9.17) is 8.92 Å². The van der Waals surface area contributed by atoms with Crippen LogP contribution in [0.4, 0.5) is 4.79 Å². The Morgan fingerprint density at radius 3 is 2.26 bits per heavy atom. The molecule has 1 fully saturated rings. The van der Waals surface area contributed by atoms with Crippen LogP contribution in [0.15, 0.2) is 0 Å². The van der Waals surface area contributed by atoms with Crippen LogP contribution in [0.3, 0.4) is 0 Å². The fraction of sp³-hybridized carbons (Fsp3) is 0.882. The maximum Gasteiger partial charge on any atom is 0.417 e. The maximum absolute atomic E-state index is 12.2. The number of ether oxygens (including phenoxy) is 1. The monoisotopic (exact) mass is 347 g/mol. The van der Waals surface area contributed by atoms with Crippen LogP contribution in [0.2, 0.25) is 0 Å². The highest BCUT2D eigenvalue weighted by Crippen LogP contribution is 2.53. The van der Waals surface area contributed by atoms with Crippen molar-refractivity contribution in [2.45, 2.75) is 77.2 Å². The molecule has 0 saturated carbocycles. The first-order valence-electron chi connectivity index (χ1n) is 8.17. The fourth-order valence-corrected chi connectivity index (χ4v) is 3.01. The quantitative estimate of drug-likeness (QED) is 0.768. The molecule has 1 aliphatic heterocycles. The molecule has 0 N–H and O–H groups in total. The molecular weight excluding hydrogens is 314 g/mol. The van der Waals surface area contributed by atoms with E-state index in [0.717, 1.165) is 0 Å². The summed E-state index contributed by atoms with van der Waals surface area (Å²) in [4.78, 5) is 25.6. The Kier molecular flexibility index (Phi) is 6.19. The normalized spacial score (nSPS) is 20.8. The number of carbonyl (C=O) groups is 2. The van der Waals surface area contributed by atoms with E-state index in [-0.39, 0.29) is 16.7 Å². The van der Waals surface area contributed by atoms with Gasteiger partial charge in [-0.1, -0.05) is 20.8 Å². The number of carbonyl (C=O) groups excluding carboxylic acids is 2. The minimum Gasteiger partial charge on any atom is -0.443 e. The van der Waals surface area contributed by atoms with Crippen molar-refractivity contribution >= 4 is 22.3 Å². The number of imide groups is 1. The van der Waals surface area contributed by atoms with Gasteiger partial charge in [-0.3, -0.25) is 4.79 Å². The molecule has 5 nitrogen and oxygen atoms in total. The number of hydrogen-bond donors (Lipinski definition) is 0. The molecule has 0 aliphatic carbocycles. The highest BCUT2D eigenvalue weighted by molar-refractivity contribution is 8.29. The highest BCUT2D eigenvalue weighted by atomic mass is 32.3. The van der Waals surface area contributed by atoms with Crippen LogP contribution in [-0.4, -0.2) is 52.4 Å². The summed E-state index contributed by atoms with van der Waals surface area (Å²) in [5.74, 6) is -0.147. The largest absolute Gasteiger partial charge is 0.443 e. The molecule has 23 heavy (non-hydrogen) atoms. The van der Waals surface area contributed by atoms with E-state index >= 15 is 0 Å². The second-order valence-electron chi connectivity index (χ2n) is 8.39. The zero-order valence-electron chi connectivity index (χ0n) is 15.9. The minimum absolute atomic E-state index is 0.101. The second-order valence-corrected chi connectivity index (χ2v) is 12.3. The summed E-state index contributed by atoms with van der Waals surface area (Å²) >= 11 is 0. The Balaban J connectivity index is 2.62. The molecule has 0 radical (unpaired) electrons. The van der Waals surface area contributed by atoms with Crippen LogP contribution in [0.1, 0.15) is 60.8 Å². The topological polar surface area (TPSA) is 55.8 Å². The Hall–Kier alpha value is -0.750. The van der Waals surface area contributed by atoms with Crippen LogP contribution in [0.25, 0.3) is 0 Å². The van der Waals surface area contributed by atoms with Crippen molar-refractivity contribution in [3.63, 3.8) is 0 Å². The van der Waals surface area contributed by atoms with Crippen molar-refractivity contribution in [3.8, 4) is 0 Å². The lowest BCUT2D eigenvalue weighted by molar-refractivity contribution is -0.128. The van der Waals surface area contributed by atoms with Crippen LogP contribution >= 0.6 is 10.3 Å². The summed E-state index contributed by atoms with van der Waals surface area (Å²) < 4.78 is 11.6. The minimum atomic E-state index is -1.19. The lowest BCUT2D eigenvalue weighted by atomic mass is 10.1. The molecule has 0 spiro atoms. The molecule has 0 unspecified atom stereocenters. The zero-order valence-corrected chi connectivity index (χ0v) is 16.7. The molecule has 1 saturated heterocycles. The summed E-state index contributed by atoms with van der Waals surface area (Å²) in [5.41, 5.74) is -0.598. The molecule has 0 aromatic heterocycles. The van der Waals surface area contributed by atoms with Gasteiger partial charge in [-0.2, -0.15) is 0 Å². The van der Waals surface area contributed by atoms with Crippen molar-refractivity contribution < 1.29 is 18.5 Å². The summed E-state index contributed by atoms with van der Waals surface area (Å²) in [7, 11) is -1.19. The van der Waals surface area contributed by atoms with E-state index in [9.17, 15) is 9.59 Å². The highest BCUT2D eigenvalue weighted by Gasteiger charge is 2.38. The number of hydrogen-bond acceptors (Lipinski definition) is 4. The first-order chi connectivity index (χ1) is 10.2. The average Bonchev–Trinajstić information content (AvgIpc) is 2.66. The third-order valence-corrected chi connectivity index (χ3v) is 7.92. The fourth-order valence-electron chi connectivity index (χ4n) is 2.15. The molecule has 2 amide bonds. The summed E-state index contributed by atoms with van der Waals surface area (Å²) in [5, 5.41) is 0. The van der Waals surface area contributed by atoms with Gasteiger partial charge in [0, 0.05) is 17.2 Å². The van der Waals surface area contributed by atoms with Gasteiger partial charge >= 0.3 is 6.09 Å². The van der Waals surface area contributed by atoms with E-state index in [1.165, 1.54) is 4.90 Å². The number of likely N-dealkylation sites (tertiary alicyclic amines) is 1. The third-order valence-electron chi connectivity index (χ3n) is 4.22. The smallest absolute Gasteiger partial charge is 0.417 e. The first-order valence-corrected chi connectivity index (χ1v) is 10.5. The standard InChI is InChI=1S/C17H33NO4S/c1-16(2,3)22-15(20)18-13(9-10-14(18)19)11-12-21-23(7,8)17(4,5)6/h13H,9-12H2,1-8H3/t13-/m0/s1. The predicted molar refractivity (Wildman–Crippen MR) is 95.9 cm³/mol. The summed E-state index contributed by atoms with van der Waals surface area (Å²) in [6.07, 6.45) is 5.52. The number of rotatable bonds is 4. The molecular formula is C17H33NO4S. The van der Waals surface area contributed by atoms with Gasteiger partial charge in [0.05, 0.1) is 6.61 Å². The Bertz CT molecular complexity index is 448. The molecule has 1 atom stereocenters.